The molecule has 0 bridgehead atoms. The average Bonchev–Trinajstić information content (AvgIpc) is 3.37. The molecule has 1 aliphatic carbocycles. The molecule has 1 heterocycles. The monoisotopic (exact) mass is 605 g/mol. The van der Waals surface area contributed by atoms with Gasteiger partial charge in [-0.25, -0.2) is 4.79 Å². The van der Waals surface area contributed by atoms with Crippen molar-refractivity contribution < 1.29 is 14.4 Å². The van der Waals surface area contributed by atoms with E-state index in [1.54, 1.807) is 0 Å². The van der Waals surface area contributed by atoms with Crippen LogP contribution in [0.1, 0.15) is 100 Å². The fourth-order valence-electron chi connectivity index (χ4n) is 6.75. The summed E-state index contributed by atoms with van der Waals surface area (Å²) in [5.74, 6) is -0.335. The van der Waals surface area contributed by atoms with Gasteiger partial charge >= 0.3 is 5.97 Å². The number of ketones is 1. The van der Waals surface area contributed by atoms with Gasteiger partial charge in [0.2, 0.25) is 0 Å². The van der Waals surface area contributed by atoms with Crippen LogP contribution in [0.15, 0.2) is 77.5 Å². The van der Waals surface area contributed by atoms with Crippen LogP contribution in [0.4, 0.5) is 0 Å². The summed E-state index contributed by atoms with van der Waals surface area (Å²) in [6, 6.07) is 20.1. The van der Waals surface area contributed by atoms with E-state index in [1.807, 2.05) is 71.0 Å². The number of aryl methyl sites for hydroxylation is 2. The molecule has 0 radical (unpaired) electrons. The van der Waals surface area contributed by atoms with Crippen LogP contribution in [-0.2, 0) is 16.2 Å². The summed E-state index contributed by atoms with van der Waals surface area (Å²) in [6.45, 7) is 14.3. The van der Waals surface area contributed by atoms with E-state index in [0.29, 0.717) is 12.0 Å². The fourth-order valence-corrected chi connectivity index (χ4v) is 6.75. The number of allylic oxidation sites excluding steroid dienone is 2. The molecule has 5 rings (SSSR count). The van der Waals surface area contributed by atoms with Gasteiger partial charge in [-0.3, -0.25) is 9.69 Å². The van der Waals surface area contributed by atoms with E-state index in [9.17, 15) is 9.59 Å². The molecule has 0 atom stereocenters. The third kappa shape index (κ3) is 6.67. The molecule has 6 heteroatoms. The number of oxime groups is 1. The largest absolute Gasteiger partial charge is 0.354 e. The number of carbonyl (C=O) groups excluding carboxylic acids is 2. The highest BCUT2D eigenvalue weighted by Gasteiger charge is 2.35. The van der Waals surface area contributed by atoms with Crippen LogP contribution in [0.3, 0.4) is 0 Å². The number of hydrogen-bond acceptors (Lipinski definition) is 5. The van der Waals surface area contributed by atoms with E-state index in [2.05, 4.69) is 51.9 Å². The molecule has 0 saturated heterocycles. The zero-order valence-corrected chi connectivity index (χ0v) is 27.8. The van der Waals surface area contributed by atoms with Crippen LogP contribution in [0, 0.1) is 6.92 Å². The summed E-state index contributed by atoms with van der Waals surface area (Å²) in [6.07, 6.45) is 8.64. The minimum absolute atomic E-state index is 0.0225. The number of fused-ring (bicyclic) bond motifs is 3. The second-order valence-electron chi connectivity index (χ2n) is 12.6. The van der Waals surface area contributed by atoms with Gasteiger partial charge in [0.05, 0.1) is 5.71 Å². The number of hydrogen-bond donors (Lipinski definition) is 0. The Morgan fingerprint density at radius 3 is 2.20 bits per heavy atom. The molecule has 1 aliphatic rings. The Morgan fingerprint density at radius 2 is 1.58 bits per heavy atom. The third-order valence-electron chi connectivity index (χ3n) is 9.53. The lowest BCUT2D eigenvalue weighted by atomic mass is 9.93. The van der Waals surface area contributed by atoms with Crippen molar-refractivity contribution in [2.45, 2.75) is 92.2 Å². The second kappa shape index (κ2) is 13.9. The van der Waals surface area contributed by atoms with Crippen LogP contribution in [0.5, 0.6) is 0 Å². The Labute approximate surface area is 267 Å². The van der Waals surface area contributed by atoms with Crippen LogP contribution in [0.25, 0.3) is 21.8 Å². The highest BCUT2D eigenvalue weighted by atomic mass is 16.7. The SMILES string of the molecule is CCN(CC)C(C)(C)C(=O)ON=C(CCC1=CCCCC1)c1ccc2c(c1)c1cc(C(=O)c3ccccc3C)ccc1n2CC. The van der Waals surface area contributed by atoms with E-state index < -0.39 is 5.54 Å². The van der Waals surface area contributed by atoms with Gasteiger partial charge in [-0.1, -0.05) is 61.0 Å². The van der Waals surface area contributed by atoms with Crippen molar-refractivity contribution >= 4 is 39.3 Å². The van der Waals surface area contributed by atoms with E-state index in [-0.39, 0.29) is 11.8 Å². The molecule has 0 fully saturated rings. The van der Waals surface area contributed by atoms with Gasteiger partial charge < -0.3 is 9.40 Å². The molecule has 3 aromatic carbocycles. The average molecular weight is 606 g/mol. The highest BCUT2D eigenvalue weighted by Crippen LogP contribution is 2.32. The lowest BCUT2D eigenvalue weighted by Crippen LogP contribution is -2.50. The molecular formula is C39H47N3O3. The number of benzene rings is 3. The van der Waals surface area contributed by atoms with Crippen molar-refractivity contribution in [2.75, 3.05) is 13.1 Å². The molecule has 0 spiro atoms. The first kappa shape index (κ1) is 32.4. The lowest BCUT2D eigenvalue weighted by Gasteiger charge is -2.33. The molecule has 0 saturated carbocycles. The van der Waals surface area contributed by atoms with Crippen LogP contribution in [0.2, 0.25) is 0 Å². The molecule has 236 valence electrons. The van der Waals surface area contributed by atoms with E-state index in [1.165, 1.54) is 18.4 Å². The standard InChI is InChI=1S/C39H47N3O3/c1-7-41(8-2)39(5,6)38(44)45-40-34(22-19-28-16-11-10-12-17-28)29-20-23-35-32(25-29)33-26-30(21-24-36(33)42(35)9-3)37(43)31-18-14-13-15-27(31)4/h13-16,18,20-21,23-26H,7-12,17,19,22H2,1-6H3. The summed E-state index contributed by atoms with van der Waals surface area (Å²) in [4.78, 5) is 34.7. The van der Waals surface area contributed by atoms with Gasteiger partial charge in [0, 0.05) is 45.0 Å². The summed E-state index contributed by atoms with van der Waals surface area (Å²) < 4.78 is 2.28. The molecule has 0 aliphatic heterocycles. The van der Waals surface area contributed by atoms with Gasteiger partial charge in [-0.2, -0.15) is 0 Å². The van der Waals surface area contributed by atoms with Gasteiger partial charge in [0.1, 0.15) is 5.54 Å². The minimum Gasteiger partial charge on any atom is -0.341 e. The number of rotatable bonds is 12. The molecule has 6 nitrogen and oxygen atoms in total. The predicted molar refractivity (Wildman–Crippen MR) is 185 cm³/mol. The first-order chi connectivity index (χ1) is 21.7. The first-order valence-electron chi connectivity index (χ1n) is 16.6. The van der Waals surface area contributed by atoms with Crippen molar-refractivity contribution in [3.05, 3.63) is 94.6 Å². The molecule has 0 amide bonds. The Balaban J connectivity index is 1.57. The zero-order chi connectivity index (χ0) is 32.1. The van der Waals surface area contributed by atoms with Gasteiger partial charge in [0.15, 0.2) is 5.78 Å². The Morgan fingerprint density at radius 1 is 0.911 bits per heavy atom. The molecule has 45 heavy (non-hydrogen) atoms. The summed E-state index contributed by atoms with van der Waals surface area (Å²) in [7, 11) is 0. The van der Waals surface area contributed by atoms with Gasteiger partial charge in [0.25, 0.3) is 0 Å². The van der Waals surface area contributed by atoms with Crippen molar-refractivity contribution in [1.29, 1.82) is 0 Å². The molecule has 0 unspecified atom stereocenters. The Hall–Kier alpha value is -4.03. The molecular weight excluding hydrogens is 558 g/mol. The highest BCUT2D eigenvalue weighted by molar-refractivity contribution is 6.16. The maximum atomic E-state index is 13.6. The summed E-state index contributed by atoms with van der Waals surface area (Å²) >= 11 is 0. The topological polar surface area (TPSA) is 63.9 Å². The molecule has 4 aromatic rings. The maximum Gasteiger partial charge on any atom is 0.354 e. The smallest absolute Gasteiger partial charge is 0.341 e. The fraction of sp³-hybridized carbons (Fsp3) is 0.410. The van der Waals surface area contributed by atoms with Gasteiger partial charge in [-0.15, -0.1) is 0 Å². The summed E-state index contributed by atoms with van der Waals surface area (Å²) in [5, 5.41) is 6.65. The number of nitrogens with zero attached hydrogens (tertiary/aromatic N) is 3. The van der Waals surface area contributed by atoms with Crippen molar-refractivity contribution in [3.63, 3.8) is 0 Å². The number of aromatic nitrogens is 1. The quantitative estimate of drug-likeness (QED) is 0.0532. The minimum atomic E-state index is -0.789. The molecule has 0 N–H and O–H groups in total. The Kier molecular flexibility index (Phi) is 10.0. The van der Waals surface area contributed by atoms with Gasteiger partial charge in [-0.05, 0) is 115 Å². The van der Waals surface area contributed by atoms with Crippen molar-refractivity contribution in [1.82, 2.24) is 9.47 Å². The summed E-state index contributed by atoms with van der Waals surface area (Å²) in [5.41, 5.74) is 6.90. The van der Waals surface area contributed by atoms with Crippen LogP contribution < -0.4 is 0 Å². The van der Waals surface area contributed by atoms with E-state index in [4.69, 9.17) is 4.84 Å². The van der Waals surface area contributed by atoms with Crippen LogP contribution >= 0.6 is 0 Å². The van der Waals surface area contributed by atoms with Crippen LogP contribution in [-0.4, -0.2) is 45.6 Å². The lowest BCUT2D eigenvalue weighted by molar-refractivity contribution is -0.156. The van der Waals surface area contributed by atoms with Crippen molar-refractivity contribution in [3.8, 4) is 0 Å². The van der Waals surface area contributed by atoms with Crippen molar-refractivity contribution in [2.24, 2.45) is 5.16 Å². The predicted octanol–water partition coefficient (Wildman–Crippen LogP) is 9.00. The zero-order valence-electron chi connectivity index (χ0n) is 27.8. The third-order valence-corrected chi connectivity index (χ3v) is 9.53. The van der Waals surface area contributed by atoms with E-state index >= 15 is 0 Å². The normalized spacial score (nSPS) is 14.3. The second-order valence-corrected chi connectivity index (χ2v) is 12.6. The number of likely N-dealkylation sites (N-methyl/N-ethyl adjacent to an activating group) is 1. The first-order valence-corrected chi connectivity index (χ1v) is 16.6. The van der Waals surface area contributed by atoms with E-state index in [0.717, 1.165) is 83.1 Å². The molecule has 1 aromatic heterocycles. The maximum absolute atomic E-state index is 13.6. The number of carbonyl (C=O) groups is 2. The Bertz CT molecular complexity index is 1770.